The van der Waals surface area contributed by atoms with Crippen LogP contribution < -0.4 is 5.32 Å². The molecule has 0 saturated heterocycles. The Kier molecular flexibility index (Phi) is 3.75. The predicted octanol–water partition coefficient (Wildman–Crippen LogP) is 3.91. The van der Waals surface area contributed by atoms with Crippen molar-refractivity contribution in [1.29, 1.82) is 0 Å². The Bertz CT molecular complexity index is 584. The Morgan fingerprint density at radius 2 is 1.79 bits per heavy atom. The van der Waals surface area contributed by atoms with Gasteiger partial charge in [-0.25, -0.2) is 4.39 Å². The number of halogens is 1. The Labute approximate surface area is 110 Å². The Balaban J connectivity index is 2.22. The van der Waals surface area contributed by atoms with Gasteiger partial charge in [-0.3, -0.25) is 10.1 Å². The van der Waals surface area contributed by atoms with Crippen molar-refractivity contribution in [2.75, 3.05) is 5.32 Å². The first-order valence-electron chi connectivity index (χ1n) is 5.83. The number of nitro benzene ring substituents is 1. The summed E-state index contributed by atoms with van der Waals surface area (Å²) in [5, 5.41) is 14.1. The van der Waals surface area contributed by atoms with Crippen molar-refractivity contribution in [3.8, 4) is 0 Å². The molecule has 5 heteroatoms. The predicted molar refractivity (Wildman–Crippen MR) is 71.5 cm³/mol. The number of anilines is 1. The summed E-state index contributed by atoms with van der Waals surface area (Å²) >= 11 is 0. The monoisotopic (exact) mass is 260 g/mol. The third-order valence-electron chi connectivity index (χ3n) is 2.83. The van der Waals surface area contributed by atoms with Crippen LogP contribution in [0.1, 0.15) is 18.5 Å². The molecular weight excluding hydrogens is 247 g/mol. The zero-order chi connectivity index (χ0) is 13.8. The Hall–Kier alpha value is -2.43. The topological polar surface area (TPSA) is 55.2 Å². The van der Waals surface area contributed by atoms with Gasteiger partial charge in [0.1, 0.15) is 5.82 Å². The molecule has 0 saturated carbocycles. The molecule has 0 radical (unpaired) electrons. The van der Waals surface area contributed by atoms with Crippen LogP contribution in [0.15, 0.2) is 48.5 Å². The van der Waals surface area contributed by atoms with E-state index in [9.17, 15) is 14.5 Å². The van der Waals surface area contributed by atoms with Gasteiger partial charge in [0.05, 0.1) is 16.5 Å². The van der Waals surface area contributed by atoms with Gasteiger partial charge < -0.3 is 5.32 Å². The molecule has 0 aliphatic heterocycles. The van der Waals surface area contributed by atoms with E-state index in [1.807, 2.05) is 6.92 Å². The number of nitrogens with zero attached hydrogens (tertiary/aromatic N) is 1. The van der Waals surface area contributed by atoms with Crippen LogP contribution in [0.3, 0.4) is 0 Å². The first kappa shape index (κ1) is 13.0. The number of hydrogen-bond acceptors (Lipinski definition) is 3. The van der Waals surface area contributed by atoms with Crippen LogP contribution in [0.4, 0.5) is 15.8 Å². The van der Waals surface area contributed by atoms with Crippen molar-refractivity contribution in [3.63, 3.8) is 0 Å². The van der Waals surface area contributed by atoms with E-state index >= 15 is 0 Å². The summed E-state index contributed by atoms with van der Waals surface area (Å²) in [5.74, 6) is -0.316. The van der Waals surface area contributed by atoms with Gasteiger partial charge in [0.25, 0.3) is 5.69 Å². The van der Waals surface area contributed by atoms with Crippen molar-refractivity contribution in [1.82, 2.24) is 0 Å². The highest BCUT2D eigenvalue weighted by atomic mass is 19.1. The Morgan fingerprint density at radius 3 is 2.42 bits per heavy atom. The average molecular weight is 260 g/mol. The molecule has 4 nitrogen and oxygen atoms in total. The molecule has 0 aliphatic rings. The molecule has 0 fully saturated rings. The van der Waals surface area contributed by atoms with Gasteiger partial charge in [-0.15, -0.1) is 0 Å². The molecule has 2 rings (SSSR count). The largest absolute Gasteiger partial charge is 0.378 e. The standard InChI is InChI=1S/C14H13FN2O2/c1-10(16-12-8-6-11(15)7-9-12)13-4-2-3-5-14(13)17(18)19/h2-10,16H,1H3. The maximum atomic E-state index is 12.8. The molecular formula is C14H13FN2O2. The van der Waals surface area contributed by atoms with Gasteiger partial charge in [0.15, 0.2) is 0 Å². The lowest BCUT2D eigenvalue weighted by atomic mass is 10.1. The van der Waals surface area contributed by atoms with Gasteiger partial charge in [0, 0.05) is 11.8 Å². The fourth-order valence-corrected chi connectivity index (χ4v) is 1.89. The normalized spacial score (nSPS) is 11.9. The average Bonchev–Trinajstić information content (AvgIpc) is 2.41. The van der Waals surface area contributed by atoms with E-state index in [1.54, 1.807) is 30.3 Å². The second kappa shape index (κ2) is 5.48. The molecule has 19 heavy (non-hydrogen) atoms. The lowest BCUT2D eigenvalue weighted by Crippen LogP contribution is -2.09. The van der Waals surface area contributed by atoms with Gasteiger partial charge in [-0.05, 0) is 31.2 Å². The van der Waals surface area contributed by atoms with Crippen LogP contribution in [0.2, 0.25) is 0 Å². The van der Waals surface area contributed by atoms with Crippen molar-refractivity contribution < 1.29 is 9.31 Å². The quantitative estimate of drug-likeness (QED) is 0.669. The fourth-order valence-electron chi connectivity index (χ4n) is 1.89. The lowest BCUT2D eigenvalue weighted by Gasteiger charge is -2.15. The highest BCUT2D eigenvalue weighted by molar-refractivity contribution is 5.49. The molecule has 0 spiro atoms. The van der Waals surface area contributed by atoms with E-state index in [0.717, 1.165) is 0 Å². The third-order valence-corrected chi connectivity index (χ3v) is 2.83. The number of benzene rings is 2. The second-order valence-corrected chi connectivity index (χ2v) is 4.19. The van der Waals surface area contributed by atoms with Gasteiger partial charge in [-0.2, -0.15) is 0 Å². The molecule has 0 bridgehead atoms. The van der Waals surface area contributed by atoms with Crippen LogP contribution in [-0.2, 0) is 0 Å². The number of nitrogens with one attached hydrogen (secondary N) is 1. The van der Waals surface area contributed by atoms with Crippen LogP contribution in [0.25, 0.3) is 0 Å². The van der Waals surface area contributed by atoms with Crippen molar-refractivity contribution in [3.05, 3.63) is 70.0 Å². The summed E-state index contributed by atoms with van der Waals surface area (Å²) in [7, 11) is 0. The number of nitro groups is 1. The Morgan fingerprint density at radius 1 is 1.16 bits per heavy atom. The minimum atomic E-state index is -0.405. The van der Waals surface area contributed by atoms with E-state index in [2.05, 4.69) is 5.32 Å². The summed E-state index contributed by atoms with van der Waals surface area (Å²) in [5.41, 5.74) is 1.38. The number of hydrogen-bond donors (Lipinski definition) is 1. The molecule has 1 unspecified atom stereocenters. The number of rotatable bonds is 4. The summed E-state index contributed by atoms with van der Waals surface area (Å²) in [6, 6.07) is 12.2. The molecule has 98 valence electrons. The molecule has 0 heterocycles. The molecule has 0 aliphatic carbocycles. The highest BCUT2D eigenvalue weighted by Gasteiger charge is 2.17. The summed E-state index contributed by atoms with van der Waals surface area (Å²) in [6.45, 7) is 1.83. The molecule has 0 amide bonds. The van der Waals surface area contributed by atoms with Gasteiger partial charge >= 0.3 is 0 Å². The smallest absolute Gasteiger partial charge is 0.274 e. The fraction of sp³-hybridized carbons (Fsp3) is 0.143. The second-order valence-electron chi connectivity index (χ2n) is 4.19. The maximum Gasteiger partial charge on any atom is 0.274 e. The molecule has 1 atom stereocenters. The molecule has 1 N–H and O–H groups in total. The molecule has 0 aromatic heterocycles. The van der Waals surface area contributed by atoms with E-state index in [4.69, 9.17) is 0 Å². The van der Waals surface area contributed by atoms with E-state index in [-0.39, 0.29) is 17.5 Å². The van der Waals surface area contributed by atoms with E-state index in [1.165, 1.54) is 18.2 Å². The van der Waals surface area contributed by atoms with Crippen molar-refractivity contribution in [2.24, 2.45) is 0 Å². The van der Waals surface area contributed by atoms with Crippen LogP contribution in [-0.4, -0.2) is 4.92 Å². The minimum absolute atomic E-state index is 0.0737. The summed E-state index contributed by atoms with van der Waals surface area (Å²) in [4.78, 5) is 10.5. The first-order chi connectivity index (χ1) is 9.08. The van der Waals surface area contributed by atoms with Gasteiger partial charge in [0.2, 0.25) is 0 Å². The first-order valence-corrected chi connectivity index (χ1v) is 5.83. The van der Waals surface area contributed by atoms with Gasteiger partial charge in [-0.1, -0.05) is 18.2 Å². The van der Waals surface area contributed by atoms with Crippen LogP contribution in [0, 0.1) is 15.9 Å². The highest BCUT2D eigenvalue weighted by Crippen LogP contribution is 2.27. The van der Waals surface area contributed by atoms with E-state index in [0.29, 0.717) is 11.3 Å². The zero-order valence-electron chi connectivity index (χ0n) is 10.3. The van der Waals surface area contributed by atoms with E-state index < -0.39 is 4.92 Å². The summed E-state index contributed by atoms with van der Waals surface area (Å²) in [6.07, 6.45) is 0. The van der Waals surface area contributed by atoms with Crippen LogP contribution in [0.5, 0.6) is 0 Å². The van der Waals surface area contributed by atoms with Crippen molar-refractivity contribution >= 4 is 11.4 Å². The molecule has 2 aromatic rings. The third kappa shape index (κ3) is 3.07. The van der Waals surface area contributed by atoms with Crippen molar-refractivity contribution in [2.45, 2.75) is 13.0 Å². The summed E-state index contributed by atoms with van der Waals surface area (Å²) < 4.78 is 12.8. The molecule has 2 aromatic carbocycles. The SMILES string of the molecule is CC(Nc1ccc(F)cc1)c1ccccc1[N+](=O)[O-]. The van der Waals surface area contributed by atoms with Crippen LogP contribution >= 0.6 is 0 Å². The lowest BCUT2D eigenvalue weighted by molar-refractivity contribution is -0.385. The maximum absolute atomic E-state index is 12.8. The zero-order valence-corrected chi connectivity index (χ0v) is 10.3. The number of para-hydroxylation sites is 1. The minimum Gasteiger partial charge on any atom is -0.378 e.